The molecule has 5 heteroatoms. The Kier molecular flexibility index (Phi) is 5.66. The number of hydrogen-bond donors (Lipinski definition) is 1. The average Bonchev–Trinajstić information content (AvgIpc) is 2.62. The molecule has 0 amide bonds. The maximum Gasteiger partial charge on any atom is 0.240 e. The monoisotopic (exact) mass is 345 g/mol. The van der Waals surface area contributed by atoms with Crippen LogP contribution in [0.5, 0.6) is 0 Å². The predicted octanol–water partition coefficient (Wildman–Crippen LogP) is 3.06. The fraction of sp³-hybridized carbons (Fsp3) is 0.368. The van der Waals surface area contributed by atoms with Gasteiger partial charge in [-0.15, -0.1) is 0 Å². The lowest BCUT2D eigenvalue weighted by Crippen LogP contribution is -2.29. The van der Waals surface area contributed by atoms with Crippen LogP contribution in [0.3, 0.4) is 0 Å². The summed E-state index contributed by atoms with van der Waals surface area (Å²) in [6.07, 6.45) is 4.01. The van der Waals surface area contributed by atoms with Crippen LogP contribution in [0.15, 0.2) is 53.4 Å². The summed E-state index contributed by atoms with van der Waals surface area (Å²) in [5, 5.41) is 0. The number of hydrogen-bond acceptors (Lipinski definition) is 3. The minimum Gasteiger partial charge on any atom is -0.375 e. The molecule has 0 radical (unpaired) electrons. The first-order valence-electron chi connectivity index (χ1n) is 8.39. The van der Waals surface area contributed by atoms with E-state index in [1.165, 1.54) is 5.56 Å². The Morgan fingerprint density at radius 1 is 0.958 bits per heavy atom. The maximum atomic E-state index is 12.6. The molecule has 2 aromatic carbocycles. The molecule has 1 aliphatic rings. The second-order valence-electron chi connectivity index (χ2n) is 6.04. The molecule has 0 heterocycles. The summed E-state index contributed by atoms with van der Waals surface area (Å²) in [5.41, 5.74) is 3.24. The number of benzene rings is 2. The highest BCUT2D eigenvalue weighted by molar-refractivity contribution is 7.89. The molecule has 1 aliphatic carbocycles. The van der Waals surface area contributed by atoms with Crippen molar-refractivity contribution in [2.45, 2.75) is 37.2 Å². The molecule has 128 valence electrons. The number of rotatable bonds is 7. The lowest BCUT2D eigenvalue weighted by atomic mass is 9.92. The van der Waals surface area contributed by atoms with E-state index in [1.807, 2.05) is 42.5 Å². The van der Waals surface area contributed by atoms with Gasteiger partial charge in [-0.3, -0.25) is 0 Å². The number of fused-ring (bicyclic) bond motifs is 1. The van der Waals surface area contributed by atoms with E-state index in [0.29, 0.717) is 18.1 Å². The van der Waals surface area contributed by atoms with Crippen LogP contribution in [-0.2, 0) is 34.2 Å². The molecule has 2 aromatic rings. The zero-order valence-corrected chi connectivity index (χ0v) is 14.5. The minimum absolute atomic E-state index is 0.277. The van der Waals surface area contributed by atoms with Gasteiger partial charge in [-0.2, -0.15) is 0 Å². The van der Waals surface area contributed by atoms with Crippen LogP contribution < -0.4 is 4.72 Å². The number of ether oxygens (including phenoxy) is 1. The standard InChI is InChI=1S/C19H23NO3S/c21-24(22,19-12-6-10-17-9-4-5-11-18(17)19)20-13-14-23-15-16-7-2-1-3-8-16/h1-3,6-8,10,12,20H,4-5,9,11,13-15H2. The highest BCUT2D eigenvalue weighted by Gasteiger charge is 2.21. The zero-order chi connectivity index (χ0) is 16.8. The van der Waals surface area contributed by atoms with Crippen molar-refractivity contribution in [3.63, 3.8) is 0 Å². The molecule has 4 nitrogen and oxygen atoms in total. The molecule has 0 aromatic heterocycles. The molecule has 24 heavy (non-hydrogen) atoms. The van der Waals surface area contributed by atoms with E-state index in [1.54, 1.807) is 6.07 Å². The van der Waals surface area contributed by atoms with Crippen LogP contribution in [0, 0.1) is 0 Å². The zero-order valence-electron chi connectivity index (χ0n) is 13.7. The normalized spacial score (nSPS) is 14.3. The summed E-state index contributed by atoms with van der Waals surface area (Å²) in [5.74, 6) is 0. The van der Waals surface area contributed by atoms with Crippen LogP contribution in [0.2, 0.25) is 0 Å². The van der Waals surface area contributed by atoms with Crippen LogP contribution in [0.25, 0.3) is 0 Å². The van der Waals surface area contributed by atoms with Crippen molar-refractivity contribution in [1.82, 2.24) is 4.72 Å². The second kappa shape index (κ2) is 7.92. The van der Waals surface area contributed by atoms with Gasteiger partial charge < -0.3 is 4.74 Å². The molecule has 0 aliphatic heterocycles. The SMILES string of the molecule is O=S(=O)(NCCOCc1ccccc1)c1cccc2c1CCCC2. The number of sulfonamides is 1. The fourth-order valence-corrected chi connectivity index (χ4v) is 4.41. The van der Waals surface area contributed by atoms with Crippen molar-refractivity contribution >= 4 is 10.0 Å². The van der Waals surface area contributed by atoms with Gasteiger partial charge in [-0.1, -0.05) is 42.5 Å². The Balaban J connectivity index is 1.55. The van der Waals surface area contributed by atoms with E-state index in [0.717, 1.165) is 36.8 Å². The van der Waals surface area contributed by atoms with E-state index >= 15 is 0 Å². The minimum atomic E-state index is -3.48. The highest BCUT2D eigenvalue weighted by Crippen LogP contribution is 2.27. The van der Waals surface area contributed by atoms with Crippen molar-refractivity contribution in [1.29, 1.82) is 0 Å². The van der Waals surface area contributed by atoms with Gasteiger partial charge in [0.05, 0.1) is 18.1 Å². The molecule has 0 saturated carbocycles. The van der Waals surface area contributed by atoms with E-state index in [9.17, 15) is 8.42 Å². The predicted molar refractivity (Wildman–Crippen MR) is 94.4 cm³/mol. The average molecular weight is 345 g/mol. The Morgan fingerprint density at radius 3 is 2.58 bits per heavy atom. The maximum absolute atomic E-state index is 12.6. The Bertz CT molecular complexity index is 772. The Hall–Kier alpha value is -1.69. The first-order chi connectivity index (χ1) is 11.7. The van der Waals surface area contributed by atoms with Crippen LogP contribution in [-0.4, -0.2) is 21.6 Å². The summed E-state index contributed by atoms with van der Waals surface area (Å²) >= 11 is 0. The molecule has 3 rings (SSSR count). The largest absolute Gasteiger partial charge is 0.375 e. The first kappa shape index (κ1) is 17.1. The van der Waals surface area contributed by atoms with Crippen molar-refractivity contribution < 1.29 is 13.2 Å². The van der Waals surface area contributed by atoms with Crippen molar-refractivity contribution in [2.75, 3.05) is 13.2 Å². The van der Waals surface area contributed by atoms with E-state index in [2.05, 4.69) is 4.72 Å². The van der Waals surface area contributed by atoms with Crippen molar-refractivity contribution in [3.05, 3.63) is 65.2 Å². The summed E-state index contributed by atoms with van der Waals surface area (Å²) in [4.78, 5) is 0.433. The highest BCUT2D eigenvalue weighted by atomic mass is 32.2. The van der Waals surface area contributed by atoms with Crippen molar-refractivity contribution in [2.24, 2.45) is 0 Å². The van der Waals surface area contributed by atoms with Crippen molar-refractivity contribution in [3.8, 4) is 0 Å². The summed E-state index contributed by atoms with van der Waals surface area (Å²) in [6, 6.07) is 15.4. The third-order valence-corrected chi connectivity index (χ3v) is 5.84. The Morgan fingerprint density at radius 2 is 1.75 bits per heavy atom. The van der Waals surface area contributed by atoms with Gasteiger partial charge in [-0.25, -0.2) is 13.1 Å². The molecule has 0 unspecified atom stereocenters. The van der Waals surface area contributed by atoms with E-state index in [-0.39, 0.29) is 6.54 Å². The Labute approximate surface area is 143 Å². The molecule has 1 N–H and O–H groups in total. The van der Waals surface area contributed by atoms with Gasteiger partial charge in [0, 0.05) is 6.54 Å². The van der Waals surface area contributed by atoms with Gasteiger partial charge in [0.25, 0.3) is 0 Å². The molecule has 0 saturated heterocycles. The number of nitrogens with one attached hydrogen (secondary N) is 1. The second-order valence-corrected chi connectivity index (χ2v) is 7.77. The van der Waals surface area contributed by atoms with Gasteiger partial charge in [0.2, 0.25) is 10.0 Å². The molecular weight excluding hydrogens is 322 g/mol. The van der Waals surface area contributed by atoms with E-state index < -0.39 is 10.0 Å². The summed E-state index contributed by atoms with van der Waals surface area (Å²) < 4.78 is 33.3. The van der Waals surface area contributed by atoms with Gasteiger partial charge in [0.1, 0.15) is 0 Å². The first-order valence-corrected chi connectivity index (χ1v) is 9.87. The molecule has 0 atom stereocenters. The smallest absolute Gasteiger partial charge is 0.240 e. The molecular formula is C19H23NO3S. The molecule has 0 spiro atoms. The third kappa shape index (κ3) is 4.23. The fourth-order valence-electron chi connectivity index (χ4n) is 3.09. The topological polar surface area (TPSA) is 55.4 Å². The van der Waals surface area contributed by atoms with E-state index in [4.69, 9.17) is 4.74 Å². The van der Waals surface area contributed by atoms with Crippen LogP contribution in [0.1, 0.15) is 29.5 Å². The molecule has 0 bridgehead atoms. The lowest BCUT2D eigenvalue weighted by Gasteiger charge is -2.19. The van der Waals surface area contributed by atoms with Gasteiger partial charge in [-0.05, 0) is 48.4 Å². The van der Waals surface area contributed by atoms with Gasteiger partial charge in [0.15, 0.2) is 0 Å². The summed E-state index contributed by atoms with van der Waals surface area (Å²) in [6.45, 7) is 1.12. The summed E-state index contributed by atoms with van der Waals surface area (Å²) in [7, 11) is -3.48. The third-order valence-electron chi connectivity index (χ3n) is 4.29. The molecule has 0 fully saturated rings. The number of aryl methyl sites for hydroxylation is 1. The lowest BCUT2D eigenvalue weighted by molar-refractivity contribution is 0.126. The van der Waals surface area contributed by atoms with Crippen LogP contribution >= 0.6 is 0 Å². The quantitative estimate of drug-likeness (QED) is 0.785. The van der Waals surface area contributed by atoms with Crippen LogP contribution in [0.4, 0.5) is 0 Å². The van der Waals surface area contributed by atoms with Gasteiger partial charge >= 0.3 is 0 Å².